The summed E-state index contributed by atoms with van der Waals surface area (Å²) in [6.07, 6.45) is 0. The number of aromatic nitrogens is 5. The number of nitrogens with zero attached hydrogens (tertiary/aromatic N) is 5. The third-order valence-electron chi connectivity index (χ3n) is 3.95. The van der Waals surface area contributed by atoms with Gasteiger partial charge in [0.15, 0.2) is 11.5 Å². The quantitative estimate of drug-likeness (QED) is 0.562. The Morgan fingerprint density at radius 3 is 2.67 bits per heavy atom. The maximum absolute atomic E-state index is 13.1. The molecule has 2 heterocycles. The summed E-state index contributed by atoms with van der Waals surface area (Å²) in [6.45, 7) is 1.87. The van der Waals surface area contributed by atoms with Crippen LogP contribution >= 0.6 is 11.5 Å². The molecule has 0 saturated carbocycles. The lowest BCUT2D eigenvalue weighted by Crippen LogP contribution is -1.99. The average molecular weight is 382 g/mol. The van der Waals surface area contributed by atoms with E-state index in [-0.39, 0.29) is 5.82 Å². The van der Waals surface area contributed by atoms with Gasteiger partial charge in [0, 0.05) is 11.5 Å². The number of hydrogen-bond acceptors (Lipinski definition) is 7. The lowest BCUT2D eigenvalue weighted by atomic mass is 10.3. The second-order valence-corrected chi connectivity index (χ2v) is 6.41. The highest BCUT2D eigenvalue weighted by atomic mass is 32.1. The summed E-state index contributed by atoms with van der Waals surface area (Å²) in [4.78, 5) is 4.50. The van der Waals surface area contributed by atoms with Crippen LogP contribution in [-0.2, 0) is 0 Å². The first-order valence-corrected chi connectivity index (χ1v) is 8.85. The first-order chi connectivity index (χ1) is 13.2. The van der Waals surface area contributed by atoms with Crippen LogP contribution in [0.5, 0.6) is 5.75 Å². The molecule has 0 aliphatic carbocycles. The Morgan fingerprint density at radius 1 is 1.11 bits per heavy atom. The molecule has 2 aromatic heterocycles. The van der Waals surface area contributed by atoms with Crippen LogP contribution in [0, 0.1) is 12.7 Å². The van der Waals surface area contributed by atoms with E-state index in [1.807, 2.05) is 31.2 Å². The Hall–Kier alpha value is -3.33. The molecule has 4 aromatic rings. The Labute approximate surface area is 158 Å². The lowest BCUT2D eigenvalue weighted by molar-refractivity contribution is 0.417. The van der Waals surface area contributed by atoms with E-state index in [2.05, 4.69) is 25.0 Å². The van der Waals surface area contributed by atoms with Gasteiger partial charge in [-0.1, -0.05) is 17.3 Å². The molecule has 2 aromatic carbocycles. The summed E-state index contributed by atoms with van der Waals surface area (Å²) in [5.74, 6) is 0.890. The molecule has 0 unspecified atom stereocenters. The zero-order valence-electron chi connectivity index (χ0n) is 14.5. The minimum Gasteiger partial charge on any atom is -0.495 e. The van der Waals surface area contributed by atoms with Crippen LogP contribution in [0.1, 0.15) is 5.69 Å². The molecule has 136 valence electrons. The molecule has 0 aliphatic heterocycles. The topological polar surface area (TPSA) is 77.8 Å². The van der Waals surface area contributed by atoms with E-state index in [4.69, 9.17) is 4.74 Å². The van der Waals surface area contributed by atoms with Crippen LogP contribution in [0.25, 0.3) is 17.2 Å². The lowest BCUT2D eigenvalue weighted by Gasteiger charge is -2.07. The fourth-order valence-corrected chi connectivity index (χ4v) is 3.18. The summed E-state index contributed by atoms with van der Waals surface area (Å²) in [7, 11) is 1.61. The van der Waals surface area contributed by atoms with Gasteiger partial charge in [0.05, 0.1) is 24.2 Å². The number of nitrogens with one attached hydrogen (secondary N) is 1. The maximum atomic E-state index is 13.1. The van der Waals surface area contributed by atoms with Gasteiger partial charge in [0.1, 0.15) is 11.6 Å². The molecule has 4 rings (SSSR count). The monoisotopic (exact) mass is 382 g/mol. The van der Waals surface area contributed by atoms with Crippen LogP contribution in [0.15, 0.2) is 48.5 Å². The fourth-order valence-electron chi connectivity index (χ4n) is 2.60. The van der Waals surface area contributed by atoms with Crippen LogP contribution in [-0.4, -0.2) is 31.5 Å². The van der Waals surface area contributed by atoms with Gasteiger partial charge in [-0.05, 0) is 43.3 Å². The van der Waals surface area contributed by atoms with Gasteiger partial charge < -0.3 is 10.1 Å². The number of halogens is 1. The average Bonchev–Trinajstić information content (AvgIpc) is 3.29. The van der Waals surface area contributed by atoms with E-state index in [9.17, 15) is 4.39 Å². The Balaban J connectivity index is 1.61. The number of rotatable bonds is 5. The summed E-state index contributed by atoms with van der Waals surface area (Å²) in [5, 5.41) is 12.1. The van der Waals surface area contributed by atoms with Crippen molar-refractivity contribution >= 4 is 22.4 Å². The van der Waals surface area contributed by atoms with Crippen molar-refractivity contribution in [1.29, 1.82) is 0 Å². The predicted octanol–water partition coefficient (Wildman–Crippen LogP) is 3.99. The van der Waals surface area contributed by atoms with Gasteiger partial charge in [-0.25, -0.2) is 9.07 Å². The minimum atomic E-state index is -0.301. The second-order valence-electron chi connectivity index (χ2n) is 5.66. The molecule has 1 N–H and O–H groups in total. The molecule has 0 fully saturated rings. The molecule has 9 heteroatoms. The molecule has 0 atom stereocenters. The smallest absolute Gasteiger partial charge is 0.207 e. The van der Waals surface area contributed by atoms with Crippen molar-refractivity contribution in [3.63, 3.8) is 0 Å². The highest BCUT2D eigenvalue weighted by molar-refractivity contribution is 7.09. The number of ether oxygens (including phenoxy) is 1. The van der Waals surface area contributed by atoms with E-state index in [0.29, 0.717) is 22.4 Å². The molecular weight excluding hydrogens is 367 g/mol. The zero-order valence-corrected chi connectivity index (χ0v) is 15.4. The molecule has 7 nitrogen and oxygen atoms in total. The van der Waals surface area contributed by atoms with E-state index in [1.54, 1.807) is 23.9 Å². The van der Waals surface area contributed by atoms with Gasteiger partial charge in [-0.15, -0.1) is 5.10 Å². The van der Waals surface area contributed by atoms with Crippen molar-refractivity contribution in [1.82, 2.24) is 24.4 Å². The molecule has 27 heavy (non-hydrogen) atoms. The second kappa shape index (κ2) is 7.12. The molecule has 0 radical (unpaired) electrons. The van der Waals surface area contributed by atoms with Crippen LogP contribution in [0.2, 0.25) is 0 Å². The highest BCUT2D eigenvalue weighted by Crippen LogP contribution is 2.29. The van der Waals surface area contributed by atoms with Gasteiger partial charge in [0.25, 0.3) is 0 Å². The molecule has 0 amide bonds. The largest absolute Gasteiger partial charge is 0.495 e. The van der Waals surface area contributed by atoms with Crippen LogP contribution in [0.4, 0.5) is 15.2 Å². The summed E-state index contributed by atoms with van der Waals surface area (Å²) in [5.41, 5.74) is 2.86. The van der Waals surface area contributed by atoms with Gasteiger partial charge in [0.2, 0.25) is 5.13 Å². The van der Waals surface area contributed by atoms with Crippen LogP contribution < -0.4 is 10.1 Å². The first-order valence-electron chi connectivity index (χ1n) is 8.08. The molecule has 0 bridgehead atoms. The molecule has 0 aliphatic rings. The highest BCUT2D eigenvalue weighted by Gasteiger charge is 2.17. The number of anilines is 2. The van der Waals surface area contributed by atoms with E-state index < -0.39 is 0 Å². The summed E-state index contributed by atoms with van der Waals surface area (Å²) >= 11 is 1.22. The van der Waals surface area contributed by atoms with E-state index in [1.165, 1.54) is 23.7 Å². The van der Waals surface area contributed by atoms with Crippen molar-refractivity contribution in [3.8, 4) is 23.0 Å². The van der Waals surface area contributed by atoms with E-state index in [0.717, 1.165) is 17.1 Å². The zero-order chi connectivity index (χ0) is 18.8. The number of hydrogen-bond donors (Lipinski definition) is 1. The number of benzene rings is 2. The van der Waals surface area contributed by atoms with Crippen molar-refractivity contribution in [3.05, 3.63) is 60.0 Å². The van der Waals surface area contributed by atoms with Crippen molar-refractivity contribution in [2.24, 2.45) is 0 Å². The Morgan fingerprint density at radius 2 is 1.89 bits per heavy atom. The fraction of sp³-hybridized carbons (Fsp3) is 0.111. The predicted molar refractivity (Wildman–Crippen MR) is 101 cm³/mol. The molecular formula is C18H15FN6OS. The van der Waals surface area contributed by atoms with Crippen molar-refractivity contribution in [2.45, 2.75) is 6.92 Å². The van der Waals surface area contributed by atoms with Crippen LogP contribution in [0.3, 0.4) is 0 Å². The number of para-hydroxylation sites is 2. The minimum absolute atomic E-state index is 0.301. The van der Waals surface area contributed by atoms with E-state index >= 15 is 0 Å². The Kier molecular flexibility index (Phi) is 4.51. The number of methoxy groups -OCH3 is 1. The van der Waals surface area contributed by atoms with Gasteiger partial charge >= 0.3 is 0 Å². The molecule has 0 spiro atoms. The normalized spacial score (nSPS) is 10.8. The SMILES string of the molecule is COc1ccccc1Nc1nc(-c2nnn(-c3ccc(F)cc3)c2C)ns1. The third-order valence-corrected chi connectivity index (χ3v) is 4.58. The Bertz CT molecular complexity index is 1080. The first kappa shape index (κ1) is 17.1. The summed E-state index contributed by atoms with van der Waals surface area (Å²) in [6, 6.07) is 13.6. The van der Waals surface area contributed by atoms with Crippen molar-refractivity contribution < 1.29 is 9.13 Å². The summed E-state index contributed by atoms with van der Waals surface area (Å²) < 4.78 is 24.5. The third kappa shape index (κ3) is 3.36. The molecule has 0 saturated heterocycles. The van der Waals surface area contributed by atoms with Crippen molar-refractivity contribution in [2.75, 3.05) is 12.4 Å². The van der Waals surface area contributed by atoms with Gasteiger partial charge in [-0.2, -0.15) is 9.36 Å². The standard InChI is InChI=1S/C18H15FN6OS/c1-11-16(22-24-25(11)13-9-7-12(19)8-10-13)17-21-18(27-23-17)20-14-5-3-4-6-15(14)26-2/h3-10H,1-2H3,(H,20,21,23). The van der Waals surface area contributed by atoms with Gasteiger partial charge in [-0.3, -0.25) is 0 Å². The maximum Gasteiger partial charge on any atom is 0.207 e.